The second kappa shape index (κ2) is 20.3. The number of rotatable bonds is 19. The first-order valence-electron chi connectivity index (χ1n) is 19.1. The Morgan fingerprint density at radius 1 is 0.625 bits per heavy atom. The minimum absolute atomic E-state index is 0.00659. The van der Waals surface area contributed by atoms with Gasteiger partial charge in [0.1, 0.15) is 17.1 Å². The Balaban J connectivity index is 1.33. The van der Waals surface area contributed by atoms with Gasteiger partial charge < -0.3 is 18.9 Å². The van der Waals surface area contributed by atoms with Gasteiger partial charge in [-0.25, -0.2) is 9.59 Å². The van der Waals surface area contributed by atoms with Crippen LogP contribution in [0.25, 0.3) is 11.4 Å². The van der Waals surface area contributed by atoms with Crippen molar-refractivity contribution in [2.75, 3.05) is 27.4 Å². The average molecular weight is 879 g/mol. The molecule has 0 bridgehead atoms. The maximum Gasteiger partial charge on any atom is 0.338 e. The van der Waals surface area contributed by atoms with Gasteiger partial charge in [0.05, 0.1) is 71.2 Å². The fourth-order valence-corrected chi connectivity index (χ4v) is 5.74. The number of carbonyl (C=O) groups is 2. The third kappa shape index (κ3) is 10.1. The molecule has 0 fully saturated rings. The number of methoxy groups -OCH3 is 2. The Morgan fingerprint density at radius 2 is 1.11 bits per heavy atom. The zero-order valence-corrected chi connectivity index (χ0v) is 35.0. The summed E-state index contributed by atoms with van der Waals surface area (Å²) in [5.74, 6) is -1.11. The number of aryl methyl sites for hydroxylation is 2. The molecule has 0 radical (unpaired) electrons. The Kier molecular flexibility index (Phi) is 14.3. The minimum Gasteiger partial charge on any atom is -0.494 e. The molecule has 0 atom stereocenters. The summed E-state index contributed by atoms with van der Waals surface area (Å²) in [6.07, 6.45) is 0.639. The number of ether oxygens (including phenoxy) is 4. The number of azo groups is 2. The van der Waals surface area contributed by atoms with E-state index in [9.17, 15) is 29.8 Å². The van der Waals surface area contributed by atoms with Gasteiger partial charge in [-0.3, -0.25) is 30.0 Å². The number of nitro benzene ring substituents is 2. The summed E-state index contributed by atoms with van der Waals surface area (Å²) in [5.41, 5.74) is 1.40. The molecule has 4 aromatic carbocycles. The van der Waals surface area contributed by atoms with E-state index in [2.05, 4.69) is 30.7 Å². The van der Waals surface area contributed by atoms with E-state index in [0.717, 1.165) is 18.2 Å². The van der Waals surface area contributed by atoms with Gasteiger partial charge in [0, 0.05) is 29.3 Å². The molecular weight excluding hydrogens is 841 g/mol. The molecule has 23 nitrogen and oxygen atoms in total. The first-order chi connectivity index (χ1) is 30.9. The van der Waals surface area contributed by atoms with E-state index >= 15 is 0 Å². The van der Waals surface area contributed by atoms with Crippen LogP contribution in [0.3, 0.4) is 0 Å². The maximum atomic E-state index is 12.5. The summed E-state index contributed by atoms with van der Waals surface area (Å²) >= 11 is 0. The number of aromatic nitrogens is 4. The summed E-state index contributed by atoms with van der Waals surface area (Å²) in [7, 11) is 2.75. The van der Waals surface area contributed by atoms with Crippen molar-refractivity contribution in [2.45, 2.75) is 34.1 Å². The van der Waals surface area contributed by atoms with Crippen LogP contribution in [0.5, 0.6) is 23.3 Å². The molecule has 0 spiro atoms. The summed E-state index contributed by atoms with van der Waals surface area (Å²) in [5, 5.41) is 54.5. The van der Waals surface area contributed by atoms with Crippen LogP contribution < -0.4 is 19.2 Å². The van der Waals surface area contributed by atoms with Crippen molar-refractivity contribution >= 4 is 46.1 Å². The molecule has 0 saturated heterocycles. The average Bonchev–Trinajstić information content (AvgIpc) is 3.80. The van der Waals surface area contributed by atoms with Gasteiger partial charge in [-0.1, -0.05) is 6.92 Å². The van der Waals surface area contributed by atoms with Gasteiger partial charge in [-0.2, -0.15) is 19.6 Å². The number of benzene rings is 4. The second-order valence-corrected chi connectivity index (χ2v) is 13.1. The van der Waals surface area contributed by atoms with E-state index < -0.39 is 21.8 Å². The van der Waals surface area contributed by atoms with Crippen LogP contribution in [0.2, 0.25) is 0 Å². The normalized spacial score (nSPS) is 11.2. The topological polar surface area (TPSA) is 270 Å². The largest absolute Gasteiger partial charge is 0.494 e. The van der Waals surface area contributed by atoms with Gasteiger partial charge in [0.2, 0.25) is 5.88 Å². The highest BCUT2D eigenvalue weighted by atomic mass is 17.5. The van der Waals surface area contributed by atoms with Crippen molar-refractivity contribution in [1.29, 1.82) is 0 Å². The standard InChI is InChI=1S/C41H38N10O13/c1-7-21-61-41(53)27-11-15-29(16-12-27)49-39(37(25(4)47-49)45-42-32-22-30(50(54)55)17-19-34(32)58-5)63-64-62-35-20-18-31(51(56)57)23-33(35)43-44-36-24(3)46-48(38(36)59-6)28-13-9-26(10-14-28)40(52)60-8-2/h9-20,22-23H,7-8,21H2,1-6H3. The van der Waals surface area contributed by atoms with Gasteiger partial charge in [0.25, 0.3) is 17.3 Å². The molecule has 0 amide bonds. The van der Waals surface area contributed by atoms with Crippen molar-refractivity contribution in [3.05, 3.63) is 128 Å². The van der Waals surface area contributed by atoms with Crippen molar-refractivity contribution < 1.29 is 53.2 Å². The van der Waals surface area contributed by atoms with E-state index in [1.807, 2.05) is 6.92 Å². The van der Waals surface area contributed by atoms with Crippen LogP contribution >= 0.6 is 0 Å². The highest BCUT2D eigenvalue weighted by Gasteiger charge is 2.24. The van der Waals surface area contributed by atoms with Crippen molar-refractivity contribution in [2.24, 2.45) is 20.5 Å². The van der Waals surface area contributed by atoms with Crippen LogP contribution in [0.1, 0.15) is 52.4 Å². The molecule has 0 saturated carbocycles. The predicted octanol–water partition coefficient (Wildman–Crippen LogP) is 9.39. The molecule has 0 aliphatic rings. The third-order valence-corrected chi connectivity index (χ3v) is 8.86. The third-order valence-electron chi connectivity index (χ3n) is 8.86. The van der Waals surface area contributed by atoms with Gasteiger partial charge in [0.15, 0.2) is 17.1 Å². The van der Waals surface area contributed by atoms with E-state index in [0.29, 0.717) is 29.1 Å². The highest BCUT2D eigenvalue weighted by Crippen LogP contribution is 2.40. The molecule has 0 N–H and O–H groups in total. The van der Waals surface area contributed by atoms with Crippen LogP contribution in [0.15, 0.2) is 105 Å². The SMILES string of the molecule is CCCOC(=O)c1ccc(-n2nc(C)c(N=Nc3cc([N+](=O)[O-])ccc3OC)c2OOOc2ccc([N+](=O)[O-])cc2N=Nc2c(C)nn(-c3ccc(C(=O)OCC)cc3)c2OC)cc1. The first-order valence-corrected chi connectivity index (χ1v) is 19.1. The minimum atomic E-state index is -0.645. The summed E-state index contributed by atoms with van der Waals surface area (Å²) in [6.45, 7) is 7.25. The van der Waals surface area contributed by atoms with Gasteiger partial charge in [-0.05, 0) is 87.9 Å². The van der Waals surface area contributed by atoms with Crippen molar-refractivity contribution in [3.8, 4) is 34.6 Å². The first kappa shape index (κ1) is 44.9. The van der Waals surface area contributed by atoms with E-state index in [1.165, 1.54) is 53.9 Å². The molecule has 2 heterocycles. The quantitative estimate of drug-likeness (QED) is 0.0241. The number of nitrogens with zero attached hydrogens (tertiary/aromatic N) is 10. The molecule has 0 aliphatic carbocycles. The number of hydrogen-bond donors (Lipinski definition) is 0. The molecule has 6 rings (SSSR count). The lowest BCUT2D eigenvalue weighted by molar-refractivity contribution is -0.413. The molecule has 330 valence electrons. The van der Waals surface area contributed by atoms with Crippen LogP contribution in [0, 0.1) is 34.1 Å². The number of hydrogen-bond acceptors (Lipinski definition) is 19. The van der Waals surface area contributed by atoms with Crippen LogP contribution in [0.4, 0.5) is 34.1 Å². The van der Waals surface area contributed by atoms with Crippen LogP contribution in [-0.4, -0.2) is 68.8 Å². The predicted molar refractivity (Wildman–Crippen MR) is 223 cm³/mol. The molecule has 0 unspecified atom stereocenters. The number of carbonyl (C=O) groups excluding carboxylic acids is 2. The summed E-state index contributed by atoms with van der Waals surface area (Å²) < 4.78 is 23.9. The van der Waals surface area contributed by atoms with E-state index in [1.54, 1.807) is 57.2 Å². The van der Waals surface area contributed by atoms with Crippen LogP contribution in [-0.2, 0) is 14.5 Å². The number of esters is 2. The number of non-ortho nitro benzene ring substituents is 2. The Hall–Kier alpha value is -8.60. The second-order valence-electron chi connectivity index (χ2n) is 13.1. The lowest BCUT2D eigenvalue weighted by Crippen LogP contribution is -2.08. The Labute approximate surface area is 362 Å². The molecule has 2 aromatic heterocycles. The fourth-order valence-electron chi connectivity index (χ4n) is 5.74. The highest BCUT2D eigenvalue weighted by molar-refractivity contribution is 5.90. The van der Waals surface area contributed by atoms with E-state index in [-0.39, 0.29) is 81.9 Å². The number of nitro groups is 2. The molecule has 6 aromatic rings. The van der Waals surface area contributed by atoms with E-state index in [4.69, 9.17) is 33.8 Å². The Morgan fingerprint density at radius 3 is 1.59 bits per heavy atom. The van der Waals surface area contributed by atoms with Crippen molar-refractivity contribution in [3.63, 3.8) is 0 Å². The smallest absolute Gasteiger partial charge is 0.338 e. The summed E-state index contributed by atoms with van der Waals surface area (Å²) in [6, 6.07) is 19.7. The van der Waals surface area contributed by atoms with Gasteiger partial charge in [-0.15, -0.1) is 20.5 Å². The molecule has 23 heteroatoms. The van der Waals surface area contributed by atoms with Gasteiger partial charge >= 0.3 is 11.9 Å². The fraction of sp³-hybridized carbons (Fsp3) is 0.220. The molecule has 0 aliphatic heterocycles. The maximum absolute atomic E-state index is 12.5. The lowest BCUT2D eigenvalue weighted by Gasteiger charge is -2.10. The Bertz CT molecular complexity index is 2750. The molecular formula is C41H38N10O13. The zero-order valence-electron chi connectivity index (χ0n) is 35.0. The zero-order chi connectivity index (χ0) is 45.9. The molecule has 64 heavy (non-hydrogen) atoms. The summed E-state index contributed by atoms with van der Waals surface area (Å²) in [4.78, 5) is 57.9. The lowest BCUT2D eigenvalue weighted by atomic mass is 10.2. The van der Waals surface area contributed by atoms with Crippen molar-refractivity contribution in [1.82, 2.24) is 19.6 Å². The monoisotopic (exact) mass is 878 g/mol.